The summed E-state index contributed by atoms with van der Waals surface area (Å²) in [7, 11) is 0. The average Bonchev–Trinajstić information content (AvgIpc) is 2.12. The number of nitrogens with two attached hydrogens (primary N) is 1. The van der Waals surface area contributed by atoms with Gasteiger partial charge < -0.3 is 11.1 Å². The van der Waals surface area contributed by atoms with Crippen LogP contribution in [0.1, 0.15) is 12.5 Å². The normalized spacial score (nSPS) is 12.2. The first kappa shape index (κ1) is 13.6. The van der Waals surface area contributed by atoms with Gasteiger partial charge in [-0.25, -0.2) is 0 Å². The number of halogens is 2. The van der Waals surface area contributed by atoms with Gasteiger partial charge in [0.05, 0.1) is 0 Å². The van der Waals surface area contributed by atoms with Gasteiger partial charge in [-0.2, -0.15) is 0 Å². The smallest absolute Gasteiger partial charge is 0.163 e. The van der Waals surface area contributed by atoms with Crippen molar-refractivity contribution in [2.24, 2.45) is 11.7 Å². The Hall–Kier alpha value is -0.510. The first-order valence-electron chi connectivity index (χ1n) is 4.95. The van der Waals surface area contributed by atoms with Gasteiger partial charge in [-0.1, -0.05) is 30.1 Å². The summed E-state index contributed by atoms with van der Waals surface area (Å²) in [5.74, 6) is 0.413. The Labute approximate surface area is 111 Å². The van der Waals surface area contributed by atoms with Crippen molar-refractivity contribution in [2.75, 3.05) is 6.54 Å². The number of rotatable bonds is 4. The molecular weight excluding hydrogens is 263 g/mol. The highest BCUT2D eigenvalue weighted by atomic mass is 35.5. The van der Waals surface area contributed by atoms with Crippen molar-refractivity contribution >= 4 is 40.5 Å². The summed E-state index contributed by atoms with van der Waals surface area (Å²) in [6.07, 6.45) is 0.885. The molecule has 1 rings (SSSR count). The topological polar surface area (TPSA) is 38.0 Å². The fraction of sp³-hybridized carbons (Fsp3) is 0.364. The molecule has 2 nitrogen and oxygen atoms in total. The second-order valence-electron chi connectivity index (χ2n) is 3.83. The molecule has 0 bridgehead atoms. The summed E-state index contributed by atoms with van der Waals surface area (Å²) in [5, 5.41) is 4.60. The van der Waals surface area contributed by atoms with Crippen molar-refractivity contribution in [3.63, 3.8) is 0 Å². The fourth-order valence-corrected chi connectivity index (χ4v) is 2.13. The van der Waals surface area contributed by atoms with Crippen LogP contribution in [0.5, 0.6) is 0 Å². The SMILES string of the molecule is CC(CNC(N)=S)Cc1cc(Cl)cc(Cl)c1. The van der Waals surface area contributed by atoms with Gasteiger partial charge in [-0.3, -0.25) is 0 Å². The van der Waals surface area contributed by atoms with Crippen molar-refractivity contribution < 1.29 is 0 Å². The van der Waals surface area contributed by atoms with Gasteiger partial charge in [0.15, 0.2) is 5.11 Å². The van der Waals surface area contributed by atoms with Crippen molar-refractivity contribution in [1.29, 1.82) is 0 Å². The number of hydrogen-bond acceptors (Lipinski definition) is 1. The summed E-state index contributed by atoms with van der Waals surface area (Å²) < 4.78 is 0. The quantitative estimate of drug-likeness (QED) is 0.831. The first-order valence-corrected chi connectivity index (χ1v) is 6.12. The molecule has 16 heavy (non-hydrogen) atoms. The van der Waals surface area contributed by atoms with Crippen LogP contribution in [0.25, 0.3) is 0 Å². The van der Waals surface area contributed by atoms with Crippen LogP contribution >= 0.6 is 35.4 Å². The molecule has 1 aromatic carbocycles. The van der Waals surface area contributed by atoms with Crippen LogP contribution in [-0.2, 0) is 6.42 Å². The fourth-order valence-electron chi connectivity index (χ4n) is 1.48. The molecule has 0 heterocycles. The van der Waals surface area contributed by atoms with Gasteiger partial charge >= 0.3 is 0 Å². The third-order valence-electron chi connectivity index (χ3n) is 2.13. The Kier molecular flexibility index (Phi) is 5.32. The van der Waals surface area contributed by atoms with Gasteiger partial charge in [0, 0.05) is 16.6 Å². The zero-order valence-corrected chi connectivity index (χ0v) is 11.3. The summed E-state index contributed by atoms with van der Waals surface area (Å²) in [5.41, 5.74) is 6.48. The summed E-state index contributed by atoms with van der Waals surface area (Å²) in [6.45, 7) is 2.86. The van der Waals surface area contributed by atoms with Crippen LogP contribution in [0.2, 0.25) is 10.0 Å². The highest BCUT2D eigenvalue weighted by Gasteiger charge is 2.05. The lowest BCUT2D eigenvalue weighted by atomic mass is 10.0. The van der Waals surface area contributed by atoms with E-state index in [1.165, 1.54) is 0 Å². The molecule has 1 unspecified atom stereocenters. The van der Waals surface area contributed by atoms with Crippen molar-refractivity contribution in [2.45, 2.75) is 13.3 Å². The van der Waals surface area contributed by atoms with E-state index in [1.807, 2.05) is 12.1 Å². The Morgan fingerprint density at radius 1 is 1.38 bits per heavy atom. The van der Waals surface area contributed by atoms with Crippen molar-refractivity contribution in [3.05, 3.63) is 33.8 Å². The third-order valence-corrected chi connectivity index (χ3v) is 2.71. The molecule has 0 fully saturated rings. The molecule has 0 aliphatic heterocycles. The molecular formula is C11H14Cl2N2S. The minimum absolute atomic E-state index is 0.330. The maximum Gasteiger partial charge on any atom is 0.163 e. The highest BCUT2D eigenvalue weighted by molar-refractivity contribution is 7.80. The van der Waals surface area contributed by atoms with Crippen LogP contribution in [0.4, 0.5) is 0 Å². The lowest BCUT2D eigenvalue weighted by Gasteiger charge is -2.13. The van der Waals surface area contributed by atoms with Crippen molar-refractivity contribution in [1.82, 2.24) is 5.32 Å². The molecule has 5 heteroatoms. The maximum atomic E-state index is 5.92. The van der Waals surface area contributed by atoms with Crippen molar-refractivity contribution in [3.8, 4) is 0 Å². The van der Waals surface area contributed by atoms with E-state index in [0.717, 1.165) is 18.5 Å². The molecule has 0 saturated heterocycles. The van der Waals surface area contributed by atoms with Crippen LogP contribution < -0.4 is 11.1 Å². The highest BCUT2D eigenvalue weighted by Crippen LogP contribution is 2.20. The van der Waals surface area contributed by atoms with E-state index in [2.05, 4.69) is 12.2 Å². The number of benzene rings is 1. The minimum Gasteiger partial charge on any atom is -0.376 e. The second-order valence-corrected chi connectivity index (χ2v) is 5.14. The molecule has 0 radical (unpaired) electrons. The Bertz CT molecular complexity index is 362. The van der Waals surface area contributed by atoms with Gasteiger partial charge in [0.1, 0.15) is 0 Å². The maximum absolute atomic E-state index is 5.92. The van der Waals surface area contributed by atoms with E-state index in [0.29, 0.717) is 21.1 Å². The van der Waals surface area contributed by atoms with Crippen LogP contribution in [0, 0.1) is 5.92 Å². The molecule has 3 N–H and O–H groups in total. The molecule has 0 aromatic heterocycles. The molecule has 0 amide bonds. The predicted octanol–water partition coefficient (Wildman–Crippen LogP) is 3.01. The Morgan fingerprint density at radius 3 is 2.44 bits per heavy atom. The molecule has 0 aliphatic carbocycles. The first-order chi connectivity index (χ1) is 7.47. The Morgan fingerprint density at radius 2 is 1.94 bits per heavy atom. The number of hydrogen-bond donors (Lipinski definition) is 2. The molecule has 0 saturated carbocycles. The molecule has 88 valence electrons. The third kappa shape index (κ3) is 5.01. The Balaban J connectivity index is 2.55. The van der Waals surface area contributed by atoms with E-state index in [-0.39, 0.29) is 0 Å². The van der Waals surface area contributed by atoms with Crippen LogP contribution in [0.15, 0.2) is 18.2 Å². The average molecular weight is 277 g/mol. The van der Waals surface area contributed by atoms with E-state index >= 15 is 0 Å². The molecule has 0 aliphatic rings. The summed E-state index contributed by atoms with van der Waals surface area (Å²) >= 11 is 16.6. The lowest BCUT2D eigenvalue weighted by molar-refractivity contribution is 0.565. The zero-order chi connectivity index (χ0) is 12.1. The zero-order valence-electron chi connectivity index (χ0n) is 8.97. The van der Waals surface area contributed by atoms with Gasteiger partial charge in [0.2, 0.25) is 0 Å². The number of thiocarbonyl (C=S) groups is 1. The second kappa shape index (κ2) is 6.28. The van der Waals surface area contributed by atoms with E-state index in [1.54, 1.807) is 6.07 Å². The molecule has 1 atom stereocenters. The van der Waals surface area contributed by atoms with Crippen LogP contribution in [0.3, 0.4) is 0 Å². The van der Waals surface area contributed by atoms with Gasteiger partial charge in [-0.05, 0) is 48.3 Å². The number of nitrogens with one attached hydrogen (secondary N) is 1. The van der Waals surface area contributed by atoms with E-state index in [4.69, 9.17) is 41.2 Å². The van der Waals surface area contributed by atoms with Gasteiger partial charge in [-0.15, -0.1) is 0 Å². The molecule has 1 aromatic rings. The largest absolute Gasteiger partial charge is 0.376 e. The molecule has 0 spiro atoms. The standard InChI is InChI=1S/C11H14Cl2N2S/c1-7(6-15-11(14)16)2-8-3-9(12)5-10(13)4-8/h3-5,7H,2,6H2,1H3,(H3,14,15,16). The van der Waals surface area contributed by atoms with E-state index in [9.17, 15) is 0 Å². The van der Waals surface area contributed by atoms with Crippen LogP contribution in [-0.4, -0.2) is 11.7 Å². The monoisotopic (exact) mass is 276 g/mol. The van der Waals surface area contributed by atoms with E-state index < -0.39 is 0 Å². The van der Waals surface area contributed by atoms with Gasteiger partial charge in [0.25, 0.3) is 0 Å². The summed E-state index contributed by atoms with van der Waals surface area (Å²) in [6, 6.07) is 5.57. The minimum atomic E-state index is 0.330. The predicted molar refractivity (Wildman–Crippen MR) is 74.1 cm³/mol. The lowest BCUT2D eigenvalue weighted by Crippen LogP contribution is -2.33. The summed E-state index contributed by atoms with van der Waals surface area (Å²) in [4.78, 5) is 0.